The first-order chi connectivity index (χ1) is 18.6. The zero-order chi connectivity index (χ0) is 28.0. The van der Waals surface area contributed by atoms with Gasteiger partial charge in [0.05, 0.1) is 12.1 Å². The Balaban J connectivity index is 1.65. The minimum atomic E-state index is -1.33. The Labute approximate surface area is 234 Å². The molecule has 1 amide bonds. The molecule has 2 unspecified atom stereocenters. The van der Waals surface area contributed by atoms with Gasteiger partial charge in [-0.1, -0.05) is 118 Å². The lowest BCUT2D eigenvalue weighted by Gasteiger charge is -2.38. The van der Waals surface area contributed by atoms with Gasteiger partial charge in [-0.2, -0.15) is 0 Å². The summed E-state index contributed by atoms with van der Waals surface area (Å²) in [5.41, 5.74) is 2.28. The molecule has 0 fully saturated rings. The Kier molecular flexibility index (Phi) is 9.26. The van der Waals surface area contributed by atoms with E-state index in [0.29, 0.717) is 6.42 Å². The van der Waals surface area contributed by atoms with Gasteiger partial charge < -0.3 is 14.8 Å². The lowest BCUT2D eigenvalue weighted by Crippen LogP contribution is -2.40. The second-order valence-electron chi connectivity index (χ2n) is 11.8. The van der Waals surface area contributed by atoms with Crippen LogP contribution in [0.25, 0.3) is 21.5 Å². The van der Waals surface area contributed by atoms with Crippen molar-refractivity contribution in [2.45, 2.75) is 58.9 Å². The van der Waals surface area contributed by atoms with Gasteiger partial charge in [0, 0.05) is 5.92 Å². The van der Waals surface area contributed by atoms with E-state index in [1.165, 1.54) is 21.7 Å². The average molecular weight is 540 g/mol. The highest BCUT2D eigenvalue weighted by Gasteiger charge is 2.33. The summed E-state index contributed by atoms with van der Waals surface area (Å²) in [6.07, 6.45) is 4.63. The smallest absolute Gasteiger partial charge is 0.405 e. The van der Waals surface area contributed by atoms with Gasteiger partial charge in [0.25, 0.3) is 0 Å². The van der Waals surface area contributed by atoms with Gasteiger partial charge in [-0.15, -0.1) is 0 Å². The van der Waals surface area contributed by atoms with Gasteiger partial charge in [-0.3, -0.25) is 0 Å². The molecule has 0 aliphatic rings. The standard InChI is InChI=1S/C34H41NO3Si/c1-34(2,3)32(38-39(4)5)30(22-24-14-16-26-10-6-8-12-28(26)20-24)18-19-31(35-33(36)37)23-25-15-17-27-11-7-9-13-29(27)21-25/h6-21,30-32,35,39H,22-23H2,1-5H3,(H,36,37)/t30?,31-,32?/m0/s1. The van der Waals surface area contributed by atoms with Crippen LogP contribution in [0.4, 0.5) is 4.79 Å². The van der Waals surface area contributed by atoms with Gasteiger partial charge in [-0.05, 0) is 64.0 Å². The maximum Gasteiger partial charge on any atom is 0.405 e. The highest BCUT2D eigenvalue weighted by molar-refractivity contribution is 6.48. The van der Waals surface area contributed by atoms with Crippen molar-refractivity contribution in [2.24, 2.45) is 11.3 Å². The van der Waals surface area contributed by atoms with Crippen molar-refractivity contribution in [3.63, 3.8) is 0 Å². The maximum atomic E-state index is 11.7. The van der Waals surface area contributed by atoms with Crippen LogP contribution in [0.2, 0.25) is 13.1 Å². The lowest BCUT2D eigenvalue weighted by molar-refractivity contribution is 0.0499. The van der Waals surface area contributed by atoms with E-state index >= 15 is 0 Å². The Morgan fingerprint density at radius 1 is 0.821 bits per heavy atom. The molecule has 4 aromatic rings. The van der Waals surface area contributed by atoms with Crippen LogP contribution in [0.1, 0.15) is 31.9 Å². The molecule has 3 atom stereocenters. The zero-order valence-corrected chi connectivity index (χ0v) is 24.9. The van der Waals surface area contributed by atoms with Crippen molar-refractivity contribution in [3.05, 3.63) is 108 Å². The molecule has 204 valence electrons. The van der Waals surface area contributed by atoms with Crippen LogP contribution in [0, 0.1) is 11.3 Å². The number of nitrogens with one attached hydrogen (secondary N) is 1. The summed E-state index contributed by atoms with van der Waals surface area (Å²) < 4.78 is 6.67. The summed E-state index contributed by atoms with van der Waals surface area (Å²) in [4.78, 5) is 11.7. The number of rotatable bonds is 10. The predicted molar refractivity (Wildman–Crippen MR) is 166 cm³/mol. The third-order valence-electron chi connectivity index (χ3n) is 7.12. The largest absolute Gasteiger partial charge is 0.465 e. The van der Waals surface area contributed by atoms with E-state index in [9.17, 15) is 9.90 Å². The zero-order valence-electron chi connectivity index (χ0n) is 23.7. The average Bonchev–Trinajstić information content (AvgIpc) is 2.88. The normalized spacial score (nSPS) is 14.6. The molecule has 0 radical (unpaired) electrons. The SMILES string of the molecule is C[SiH](C)OC(C(C=C[C@@H](Cc1ccc2ccccc2c1)NC(=O)O)Cc1ccc2ccccc2c1)C(C)(C)C. The molecule has 4 aromatic carbocycles. The van der Waals surface area contributed by atoms with Crippen LogP contribution in [-0.4, -0.2) is 32.4 Å². The summed E-state index contributed by atoms with van der Waals surface area (Å²) in [7, 11) is -1.33. The number of carbonyl (C=O) groups is 1. The monoisotopic (exact) mass is 539 g/mol. The minimum Gasteiger partial charge on any atom is -0.465 e. The number of amides is 1. The molecular weight excluding hydrogens is 498 g/mol. The van der Waals surface area contributed by atoms with Crippen molar-refractivity contribution < 1.29 is 14.3 Å². The third kappa shape index (κ3) is 8.04. The fourth-order valence-electron chi connectivity index (χ4n) is 5.38. The molecule has 39 heavy (non-hydrogen) atoms. The van der Waals surface area contributed by atoms with Gasteiger partial charge in [0.2, 0.25) is 0 Å². The molecule has 0 bridgehead atoms. The molecule has 2 N–H and O–H groups in total. The van der Waals surface area contributed by atoms with E-state index in [1.54, 1.807) is 0 Å². The van der Waals surface area contributed by atoms with Crippen LogP contribution in [0.5, 0.6) is 0 Å². The first-order valence-corrected chi connectivity index (χ1v) is 16.6. The quantitative estimate of drug-likeness (QED) is 0.159. The molecular formula is C34H41NO3Si. The first-order valence-electron chi connectivity index (χ1n) is 13.9. The van der Waals surface area contributed by atoms with Crippen molar-refractivity contribution in [2.75, 3.05) is 0 Å². The second-order valence-corrected chi connectivity index (χ2v) is 14.2. The number of carboxylic acid groups (broad SMARTS) is 1. The minimum absolute atomic E-state index is 0.0121. The summed E-state index contributed by atoms with van der Waals surface area (Å²) in [5, 5.41) is 17.2. The molecule has 5 heteroatoms. The Hall–Kier alpha value is -3.41. The molecule has 0 heterocycles. The van der Waals surface area contributed by atoms with Crippen LogP contribution in [-0.2, 0) is 17.3 Å². The molecule has 0 saturated carbocycles. The van der Waals surface area contributed by atoms with Crippen molar-refractivity contribution >= 4 is 36.7 Å². The first kappa shape index (κ1) is 28.6. The summed E-state index contributed by atoms with van der Waals surface area (Å²) in [6.45, 7) is 11.1. The van der Waals surface area contributed by atoms with Crippen LogP contribution in [0.15, 0.2) is 97.1 Å². The van der Waals surface area contributed by atoms with Gasteiger partial charge in [-0.25, -0.2) is 4.79 Å². The second kappa shape index (κ2) is 12.6. The van der Waals surface area contributed by atoms with Gasteiger partial charge in [0.15, 0.2) is 9.04 Å². The lowest BCUT2D eigenvalue weighted by atomic mass is 9.78. The van der Waals surface area contributed by atoms with Gasteiger partial charge >= 0.3 is 6.09 Å². The number of benzene rings is 4. The Morgan fingerprint density at radius 2 is 1.33 bits per heavy atom. The van der Waals surface area contributed by atoms with E-state index < -0.39 is 15.1 Å². The highest BCUT2D eigenvalue weighted by atomic mass is 28.3. The molecule has 0 saturated heterocycles. The third-order valence-corrected chi connectivity index (χ3v) is 7.95. The molecule has 0 aromatic heterocycles. The fraction of sp³-hybridized carbons (Fsp3) is 0.324. The van der Waals surface area contributed by atoms with Crippen molar-refractivity contribution in [1.29, 1.82) is 0 Å². The maximum absolute atomic E-state index is 11.7. The van der Waals surface area contributed by atoms with Crippen LogP contribution < -0.4 is 5.32 Å². The molecule has 4 rings (SSSR count). The summed E-state index contributed by atoms with van der Waals surface area (Å²) in [6, 6.07) is 29.3. The fourth-order valence-corrected chi connectivity index (χ4v) is 6.57. The number of fused-ring (bicyclic) bond motifs is 2. The molecule has 0 spiro atoms. The Bertz CT molecular complexity index is 1440. The van der Waals surface area contributed by atoms with E-state index in [-0.39, 0.29) is 23.5 Å². The molecule has 0 aliphatic carbocycles. The summed E-state index contributed by atoms with van der Waals surface area (Å²) in [5.74, 6) is 0.0933. The van der Waals surface area contributed by atoms with Crippen molar-refractivity contribution in [1.82, 2.24) is 5.32 Å². The van der Waals surface area contributed by atoms with E-state index in [2.05, 4.69) is 118 Å². The van der Waals surface area contributed by atoms with Crippen LogP contribution in [0.3, 0.4) is 0 Å². The number of hydrogen-bond donors (Lipinski definition) is 2. The van der Waals surface area contributed by atoms with Crippen LogP contribution >= 0.6 is 0 Å². The highest BCUT2D eigenvalue weighted by Crippen LogP contribution is 2.33. The van der Waals surface area contributed by atoms with E-state index in [4.69, 9.17) is 4.43 Å². The predicted octanol–water partition coefficient (Wildman–Crippen LogP) is 8.00. The van der Waals surface area contributed by atoms with E-state index in [1.807, 2.05) is 18.2 Å². The molecule has 0 aliphatic heterocycles. The topological polar surface area (TPSA) is 58.6 Å². The Morgan fingerprint density at radius 3 is 1.82 bits per heavy atom. The summed E-state index contributed by atoms with van der Waals surface area (Å²) >= 11 is 0. The molecule has 4 nitrogen and oxygen atoms in total. The number of hydrogen-bond acceptors (Lipinski definition) is 2. The van der Waals surface area contributed by atoms with E-state index in [0.717, 1.165) is 17.4 Å². The van der Waals surface area contributed by atoms with Crippen molar-refractivity contribution in [3.8, 4) is 0 Å². The van der Waals surface area contributed by atoms with Gasteiger partial charge in [0.1, 0.15) is 0 Å².